The summed E-state index contributed by atoms with van der Waals surface area (Å²) in [5.74, 6) is 1.78. The maximum atomic E-state index is 6.29. The van der Waals surface area contributed by atoms with E-state index < -0.39 is 18.3 Å². The summed E-state index contributed by atoms with van der Waals surface area (Å²) in [6, 6.07) is 40.9. The van der Waals surface area contributed by atoms with Gasteiger partial charge in [0, 0.05) is 27.5 Å². The summed E-state index contributed by atoms with van der Waals surface area (Å²) < 4.78 is 18.7. The minimum Gasteiger partial charge on any atom is -0.456 e. The van der Waals surface area contributed by atoms with E-state index in [1.54, 1.807) is 0 Å². The highest BCUT2D eigenvalue weighted by atomic mass is 16.7. The van der Waals surface area contributed by atoms with E-state index in [1.165, 1.54) is 0 Å². The molecule has 0 radical (unpaired) electrons. The van der Waals surface area contributed by atoms with Gasteiger partial charge in [-0.05, 0) is 74.6 Å². The average molecular weight is 602 g/mol. The van der Waals surface area contributed by atoms with E-state index >= 15 is 0 Å². The van der Waals surface area contributed by atoms with Crippen molar-refractivity contribution in [2.75, 3.05) is 0 Å². The molecule has 0 unspecified atom stereocenters. The number of rotatable bonds is 5. The molecule has 8 rings (SSSR count). The topological polar surface area (TPSA) is 70.3 Å². The molecule has 5 aromatic carbocycles. The van der Waals surface area contributed by atoms with Crippen LogP contribution in [0.2, 0.25) is 0 Å². The molecule has 7 heteroatoms. The number of hydrogen-bond acceptors (Lipinski definition) is 6. The van der Waals surface area contributed by atoms with E-state index in [0.717, 1.165) is 55.2 Å². The van der Waals surface area contributed by atoms with Crippen LogP contribution in [0.5, 0.6) is 0 Å². The van der Waals surface area contributed by atoms with Crippen molar-refractivity contribution in [2.45, 2.75) is 38.9 Å². The lowest BCUT2D eigenvalue weighted by Crippen LogP contribution is -2.41. The van der Waals surface area contributed by atoms with Crippen LogP contribution in [0.1, 0.15) is 27.7 Å². The molecule has 1 saturated heterocycles. The van der Waals surface area contributed by atoms with Gasteiger partial charge < -0.3 is 13.7 Å². The van der Waals surface area contributed by atoms with E-state index in [4.69, 9.17) is 28.7 Å². The van der Waals surface area contributed by atoms with Gasteiger partial charge in [-0.2, -0.15) is 0 Å². The predicted molar refractivity (Wildman–Crippen MR) is 185 cm³/mol. The second-order valence-corrected chi connectivity index (χ2v) is 12.8. The van der Waals surface area contributed by atoms with Gasteiger partial charge in [0.1, 0.15) is 11.2 Å². The molecule has 0 spiro atoms. The van der Waals surface area contributed by atoms with E-state index in [2.05, 4.69) is 64.1 Å². The van der Waals surface area contributed by atoms with E-state index in [0.29, 0.717) is 17.5 Å². The number of aromatic nitrogens is 3. The third kappa shape index (κ3) is 4.98. The minimum atomic E-state index is -0.444. The van der Waals surface area contributed by atoms with Gasteiger partial charge in [0.2, 0.25) is 0 Å². The van der Waals surface area contributed by atoms with E-state index in [1.807, 2.05) is 84.9 Å². The lowest BCUT2D eigenvalue weighted by atomic mass is 9.79. The van der Waals surface area contributed by atoms with Gasteiger partial charge in [0.25, 0.3) is 0 Å². The molecular weight excluding hydrogens is 569 g/mol. The summed E-state index contributed by atoms with van der Waals surface area (Å²) in [5.41, 5.74) is 6.71. The summed E-state index contributed by atoms with van der Waals surface area (Å²) in [6.45, 7) is 8.24. The highest BCUT2D eigenvalue weighted by molar-refractivity contribution is 6.62. The number of fused-ring (bicyclic) bond motifs is 3. The molecule has 0 atom stereocenters. The van der Waals surface area contributed by atoms with Crippen molar-refractivity contribution in [1.82, 2.24) is 15.0 Å². The number of hydrogen-bond donors (Lipinski definition) is 0. The van der Waals surface area contributed by atoms with Crippen LogP contribution in [-0.2, 0) is 9.31 Å². The van der Waals surface area contributed by atoms with E-state index in [9.17, 15) is 0 Å². The van der Waals surface area contributed by atoms with Gasteiger partial charge in [-0.1, -0.05) is 91.0 Å². The highest BCUT2D eigenvalue weighted by Gasteiger charge is 2.51. The van der Waals surface area contributed by atoms with Crippen LogP contribution in [0, 0.1) is 0 Å². The first-order chi connectivity index (χ1) is 22.2. The predicted octanol–water partition coefficient (Wildman–Crippen LogP) is 8.74. The molecule has 0 amide bonds. The largest absolute Gasteiger partial charge is 0.494 e. The smallest absolute Gasteiger partial charge is 0.456 e. The molecular formula is C39H32BN3O3. The van der Waals surface area contributed by atoms with Crippen LogP contribution in [0.25, 0.3) is 67.2 Å². The molecule has 6 nitrogen and oxygen atoms in total. The number of nitrogens with zero attached hydrogens (tertiary/aromatic N) is 3. The Balaban J connectivity index is 1.24. The fourth-order valence-corrected chi connectivity index (χ4v) is 5.87. The summed E-state index contributed by atoms with van der Waals surface area (Å²) in [4.78, 5) is 15.0. The molecule has 7 aromatic rings. The van der Waals surface area contributed by atoms with Crippen LogP contribution in [0.4, 0.5) is 0 Å². The van der Waals surface area contributed by atoms with Crippen molar-refractivity contribution < 1.29 is 13.7 Å². The van der Waals surface area contributed by atoms with Crippen LogP contribution < -0.4 is 5.46 Å². The van der Waals surface area contributed by atoms with Gasteiger partial charge in [0.05, 0.1) is 11.2 Å². The Morgan fingerprint density at radius 3 is 1.72 bits per heavy atom. The maximum Gasteiger partial charge on any atom is 0.494 e. The fourth-order valence-electron chi connectivity index (χ4n) is 5.87. The summed E-state index contributed by atoms with van der Waals surface area (Å²) in [7, 11) is -0.444. The first kappa shape index (κ1) is 28.4. The molecule has 1 aliphatic heterocycles. The molecule has 3 heterocycles. The lowest BCUT2D eigenvalue weighted by Gasteiger charge is -2.32. The molecule has 0 N–H and O–H groups in total. The van der Waals surface area contributed by atoms with Crippen LogP contribution in [0.3, 0.4) is 0 Å². The van der Waals surface area contributed by atoms with Crippen molar-refractivity contribution in [3.05, 3.63) is 121 Å². The second-order valence-electron chi connectivity index (χ2n) is 12.8. The van der Waals surface area contributed by atoms with Crippen molar-refractivity contribution in [3.63, 3.8) is 0 Å². The molecule has 1 aliphatic rings. The standard InChI is InChI=1S/C39H32BN3O3/c1-38(2)39(3,4)46-40(45-38)30-20-17-26(18-21-30)35-41-36(28-14-10-13-27(23-28)25-11-6-5-7-12-25)43-37(42-35)29-19-22-34-32(24-29)31-15-8-9-16-33(31)44-34/h5-24H,1-4H3. The Morgan fingerprint density at radius 2 is 1.00 bits per heavy atom. The first-order valence-electron chi connectivity index (χ1n) is 15.5. The van der Waals surface area contributed by atoms with Crippen molar-refractivity contribution in [1.29, 1.82) is 0 Å². The Hall–Kier alpha value is -5.11. The first-order valence-corrected chi connectivity index (χ1v) is 15.5. The van der Waals surface area contributed by atoms with Crippen molar-refractivity contribution in [3.8, 4) is 45.3 Å². The second kappa shape index (κ2) is 10.8. The zero-order chi connectivity index (χ0) is 31.5. The van der Waals surface area contributed by atoms with E-state index in [-0.39, 0.29) is 0 Å². The highest BCUT2D eigenvalue weighted by Crippen LogP contribution is 2.37. The Kier molecular flexibility index (Phi) is 6.64. The fraction of sp³-hybridized carbons (Fsp3) is 0.154. The van der Waals surface area contributed by atoms with Crippen LogP contribution >= 0.6 is 0 Å². The van der Waals surface area contributed by atoms with Gasteiger partial charge in [-0.3, -0.25) is 0 Å². The Labute approximate surface area is 268 Å². The summed E-state index contributed by atoms with van der Waals surface area (Å²) in [5, 5.41) is 2.08. The SMILES string of the molecule is CC1(C)OB(c2ccc(-c3nc(-c4cccc(-c5ccccc5)c4)nc(-c4ccc5oc6ccccc6c5c4)n3)cc2)OC1(C)C. The maximum absolute atomic E-state index is 6.29. The number of para-hydroxylation sites is 1. The zero-order valence-corrected chi connectivity index (χ0v) is 26.2. The monoisotopic (exact) mass is 601 g/mol. The van der Waals surface area contributed by atoms with Gasteiger partial charge in [-0.25, -0.2) is 15.0 Å². The number of furan rings is 1. The average Bonchev–Trinajstić information content (AvgIpc) is 3.56. The Bertz CT molecular complexity index is 2210. The molecule has 46 heavy (non-hydrogen) atoms. The normalized spacial score (nSPS) is 15.5. The minimum absolute atomic E-state index is 0.413. The van der Waals surface area contributed by atoms with Gasteiger partial charge in [-0.15, -0.1) is 0 Å². The van der Waals surface area contributed by atoms with Crippen LogP contribution in [0.15, 0.2) is 126 Å². The molecule has 0 saturated carbocycles. The van der Waals surface area contributed by atoms with Gasteiger partial charge in [0.15, 0.2) is 17.5 Å². The number of benzene rings is 5. The van der Waals surface area contributed by atoms with Crippen molar-refractivity contribution >= 4 is 34.5 Å². The van der Waals surface area contributed by atoms with Crippen LogP contribution in [-0.4, -0.2) is 33.3 Å². The molecule has 1 fully saturated rings. The third-order valence-electron chi connectivity index (χ3n) is 9.19. The molecule has 2 aromatic heterocycles. The third-order valence-corrected chi connectivity index (χ3v) is 9.19. The van der Waals surface area contributed by atoms with Gasteiger partial charge >= 0.3 is 7.12 Å². The zero-order valence-electron chi connectivity index (χ0n) is 26.2. The molecule has 0 aliphatic carbocycles. The quantitative estimate of drug-likeness (QED) is 0.184. The lowest BCUT2D eigenvalue weighted by molar-refractivity contribution is 0.00578. The Morgan fingerprint density at radius 1 is 0.457 bits per heavy atom. The summed E-state index contributed by atoms with van der Waals surface area (Å²) in [6.07, 6.45) is 0. The molecule has 224 valence electrons. The van der Waals surface area contributed by atoms with Crippen molar-refractivity contribution in [2.24, 2.45) is 0 Å². The molecule has 0 bridgehead atoms. The summed E-state index contributed by atoms with van der Waals surface area (Å²) >= 11 is 0.